The first-order chi connectivity index (χ1) is 7.59. The lowest BCUT2D eigenvalue weighted by Crippen LogP contribution is -2.14. The first kappa shape index (κ1) is 15.3. The summed E-state index contributed by atoms with van der Waals surface area (Å²) in [5, 5.41) is 2.75. The van der Waals surface area contributed by atoms with Crippen LogP contribution in [0.15, 0.2) is 9.79 Å². The van der Waals surface area contributed by atoms with E-state index in [1.54, 1.807) is 0 Å². The van der Waals surface area contributed by atoms with Crippen LogP contribution >= 0.6 is 46.4 Å². The van der Waals surface area contributed by atoms with Gasteiger partial charge in [0.1, 0.15) is 9.79 Å². The minimum Gasteiger partial charge on any atom is -0.227 e. The molecule has 0 aliphatic heterocycles. The molecule has 0 unspecified atom stereocenters. The Labute approximate surface area is 118 Å². The van der Waals surface area contributed by atoms with E-state index in [1.807, 2.05) is 0 Å². The lowest BCUT2D eigenvalue weighted by molar-refractivity contribution is 0.597. The van der Waals surface area contributed by atoms with Crippen molar-refractivity contribution in [2.45, 2.75) is 9.79 Å². The van der Waals surface area contributed by atoms with E-state index >= 15 is 0 Å². The lowest BCUT2D eigenvalue weighted by Gasteiger charge is -2.10. The Hall–Kier alpha value is 0.240. The maximum Gasteiger partial charge on any atom is 0.241 e. The highest BCUT2D eigenvalue weighted by molar-refractivity contribution is 7.89. The number of rotatable bonds is 2. The maximum absolute atomic E-state index is 11.2. The molecule has 0 aliphatic carbocycles. The molecule has 0 atom stereocenters. The predicted octanol–water partition coefficient (Wildman–Crippen LogP) is 1.92. The SMILES string of the molecule is NS(=O)(=O)c1c(Cl)c(Cl)c(Cl)c([SH](=O)=O)c1Cl. The minimum absolute atomic E-state index is 0.448. The average molecular weight is 359 g/mol. The second kappa shape index (κ2) is 5.08. The van der Waals surface area contributed by atoms with Gasteiger partial charge in [0.25, 0.3) is 0 Å². The van der Waals surface area contributed by atoms with E-state index in [-0.39, 0.29) is 0 Å². The second-order valence-corrected chi connectivity index (χ2v) is 6.71. The molecule has 17 heavy (non-hydrogen) atoms. The molecule has 2 N–H and O–H groups in total. The molecular formula is C6H3Cl4NO4S2. The molecule has 0 heterocycles. The monoisotopic (exact) mass is 357 g/mol. The molecule has 0 amide bonds. The molecule has 1 aromatic carbocycles. The van der Waals surface area contributed by atoms with E-state index < -0.39 is 50.6 Å². The quantitative estimate of drug-likeness (QED) is 0.479. The standard InChI is InChI=1S/C6H3Cl4NO4S2/c7-1-2(8)5(16(12)13)4(10)6(3(1)9)17(11,14)15/h16H,(H2,11,14,15). The Kier molecular flexibility index (Phi) is 4.57. The van der Waals surface area contributed by atoms with Gasteiger partial charge in [0, 0.05) is 0 Å². The zero-order valence-corrected chi connectivity index (χ0v) is 12.3. The number of hydrogen-bond donors (Lipinski definition) is 2. The van der Waals surface area contributed by atoms with Crippen LogP contribution in [0.2, 0.25) is 20.1 Å². The Bertz CT molecular complexity index is 659. The van der Waals surface area contributed by atoms with Gasteiger partial charge < -0.3 is 0 Å². The van der Waals surface area contributed by atoms with Crippen molar-refractivity contribution in [1.29, 1.82) is 0 Å². The van der Waals surface area contributed by atoms with Gasteiger partial charge in [-0.05, 0) is 0 Å². The summed E-state index contributed by atoms with van der Waals surface area (Å²) in [5.74, 6) is 0. The van der Waals surface area contributed by atoms with Crippen molar-refractivity contribution in [3.05, 3.63) is 20.1 Å². The van der Waals surface area contributed by atoms with Gasteiger partial charge in [-0.2, -0.15) is 0 Å². The lowest BCUT2D eigenvalue weighted by atomic mass is 10.3. The van der Waals surface area contributed by atoms with E-state index in [9.17, 15) is 16.8 Å². The number of primary sulfonamides is 1. The molecule has 11 heteroatoms. The highest BCUT2D eigenvalue weighted by Gasteiger charge is 2.27. The van der Waals surface area contributed by atoms with E-state index in [0.29, 0.717) is 0 Å². The summed E-state index contributed by atoms with van der Waals surface area (Å²) in [6.45, 7) is 0. The van der Waals surface area contributed by atoms with E-state index in [1.165, 1.54) is 0 Å². The smallest absolute Gasteiger partial charge is 0.227 e. The van der Waals surface area contributed by atoms with Crippen LogP contribution < -0.4 is 5.14 Å². The van der Waals surface area contributed by atoms with Crippen molar-refractivity contribution in [3.63, 3.8) is 0 Å². The van der Waals surface area contributed by atoms with Gasteiger partial charge in [0.05, 0.1) is 20.1 Å². The van der Waals surface area contributed by atoms with Crippen LogP contribution in [0, 0.1) is 0 Å². The molecule has 1 aromatic rings. The minimum atomic E-state index is -4.33. The number of nitrogens with two attached hydrogens (primary N) is 1. The van der Waals surface area contributed by atoms with Crippen LogP contribution in [0.25, 0.3) is 0 Å². The Balaban J connectivity index is 4.02. The zero-order valence-electron chi connectivity index (χ0n) is 7.58. The van der Waals surface area contributed by atoms with Crippen LogP contribution in [0.3, 0.4) is 0 Å². The second-order valence-electron chi connectivity index (χ2n) is 2.74. The molecule has 0 bridgehead atoms. The van der Waals surface area contributed by atoms with E-state index in [2.05, 4.69) is 0 Å². The molecular weight excluding hydrogens is 356 g/mol. The predicted molar refractivity (Wildman–Crippen MR) is 66.4 cm³/mol. The third kappa shape index (κ3) is 2.81. The first-order valence-corrected chi connectivity index (χ1v) is 7.85. The highest BCUT2D eigenvalue weighted by Crippen LogP contribution is 2.43. The van der Waals surface area contributed by atoms with Crippen molar-refractivity contribution in [2.24, 2.45) is 5.14 Å². The largest absolute Gasteiger partial charge is 0.241 e. The first-order valence-electron chi connectivity index (χ1n) is 3.62. The number of halogens is 4. The fraction of sp³-hybridized carbons (Fsp3) is 0. The Morgan fingerprint density at radius 1 is 0.882 bits per heavy atom. The fourth-order valence-electron chi connectivity index (χ4n) is 1.01. The molecule has 96 valence electrons. The molecule has 0 saturated heterocycles. The van der Waals surface area contributed by atoms with Gasteiger partial charge in [-0.25, -0.2) is 22.0 Å². The fourth-order valence-corrected chi connectivity index (χ4v) is 4.42. The van der Waals surface area contributed by atoms with Crippen molar-refractivity contribution in [1.82, 2.24) is 0 Å². The molecule has 0 aliphatic rings. The zero-order chi connectivity index (χ0) is 13.5. The van der Waals surface area contributed by atoms with Crippen LogP contribution in [0.5, 0.6) is 0 Å². The van der Waals surface area contributed by atoms with Crippen molar-refractivity contribution >= 4 is 67.1 Å². The number of benzene rings is 1. The summed E-state index contributed by atoms with van der Waals surface area (Å²) in [5.41, 5.74) is 0. The average Bonchev–Trinajstić information content (AvgIpc) is 2.11. The van der Waals surface area contributed by atoms with Crippen molar-refractivity contribution in [3.8, 4) is 0 Å². The van der Waals surface area contributed by atoms with E-state index in [0.717, 1.165) is 0 Å². The number of sulfonamides is 1. The topological polar surface area (TPSA) is 94.3 Å². The summed E-state index contributed by atoms with van der Waals surface area (Å²) in [7, 11) is -7.59. The Morgan fingerprint density at radius 2 is 1.35 bits per heavy atom. The van der Waals surface area contributed by atoms with Gasteiger partial charge in [-0.1, -0.05) is 46.4 Å². The van der Waals surface area contributed by atoms with Crippen LogP contribution in [-0.2, 0) is 20.7 Å². The van der Waals surface area contributed by atoms with E-state index in [4.69, 9.17) is 51.5 Å². The normalized spacial score (nSPS) is 12.1. The number of thiol groups is 1. The van der Waals surface area contributed by atoms with Gasteiger partial charge in [0.2, 0.25) is 10.0 Å². The van der Waals surface area contributed by atoms with Crippen molar-refractivity contribution in [2.75, 3.05) is 0 Å². The molecule has 0 radical (unpaired) electrons. The van der Waals surface area contributed by atoms with Crippen LogP contribution in [-0.4, -0.2) is 16.8 Å². The summed E-state index contributed by atoms with van der Waals surface area (Å²) in [6, 6.07) is 0. The molecule has 5 nitrogen and oxygen atoms in total. The number of hydrogen-bond acceptors (Lipinski definition) is 4. The molecule has 0 fully saturated rings. The molecule has 1 rings (SSSR count). The molecule has 0 spiro atoms. The van der Waals surface area contributed by atoms with Gasteiger partial charge in [0.15, 0.2) is 10.7 Å². The highest BCUT2D eigenvalue weighted by atomic mass is 35.5. The van der Waals surface area contributed by atoms with Crippen LogP contribution in [0.4, 0.5) is 0 Å². The van der Waals surface area contributed by atoms with Gasteiger partial charge in [-0.3, -0.25) is 0 Å². The molecule has 0 aromatic heterocycles. The van der Waals surface area contributed by atoms with Gasteiger partial charge >= 0.3 is 0 Å². The molecule has 0 saturated carbocycles. The third-order valence-electron chi connectivity index (χ3n) is 1.67. The summed E-state index contributed by atoms with van der Waals surface area (Å²) >= 11 is 22.4. The summed E-state index contributed by atoms with van der Waals surface area (Å²) in [6.07, 6.45) is 0. The van der Waals surface area contributed by atoms with Crippen LogP contribution in [0.1, 0.15) is 0 Å². The summed E-state index contributed by atoms with van der Waals surface area (Å²) < 4.78 is 44.3. The van der Waals surface area contributed by atoms with Gasteiger partial charge in [-0.15, -0.1) is 0 Å². The summed E-state index contributed by atoms with van der Waals surface area (Å²) in [4.78, 5) is -1.41. The maximum atomic E-state index is 11.2. The third-order valence-corrected chi connectivity index (χ3v) is 5.65. The van der Waals surface area contributed by atoms with Crippen molar-refractivity contribution < 1.29 is 16.8 Å². The Morgan fingerprint density at radius 3 is 1.71 bits per heavy atom.